The van der Waals surface area contributed by atoms with Crippen molar-refractivity contribution < 1.29 is 0 Å². The number of aromatic nitrogens is 5. The minimum absolute atomic E-state index is 0.922. The molecule has 0 N–H and O–H groups in total. The fraction of sp³-hybridized carbons (Fsp3) is 0. The standard InChI is InChI=1S/C38H23N5/c1-3-10-24(11-4-1)42-31-16-8-7-14-26(31)29-22-30-34(23-33(29)42)43(25-12-5-2-6-13-25)32-18-17-27-36-28(15-9-19-39-36)38-40-20-21-41(38)37(27)35(30)32/h1-23H. The van der Waals surface area contributed by atoms with Crippen LogP contribution in [0.5, 0.6) is 0 Å². The minimum atomic E-state index is 0.922. The maximum absolute atomic E-state index is 4.86. The maximum atomic E-state index is 4.86. The topological polar surface area (TPSA) is 40.1 Å². The fourth-order valence-corrected chi connectivity index (χ4v) is 7.19. The van der Waals surface area contributed by atoms with E-state index in [1.807, 2.05) is 18.5 Å². The summed E-state index contributed by atoms with van der Waals surface area (Å²) in [7, 11) is 0. The quantitative estimate of drug-likeness (QED) is 0.202. The Hall–Kier alpha value is -5.94. The molecule has 200 valence electrons. The van der Waals surface area contributed by atoms with Gasteiger partial charge in [-0.15, -0.1) is 0 Å². The highest BCUT2D eigenvalue weighted by Gasteiger charge is 2.22. The Labute approximate surface area is 245 Å². The van der Waals surface area contributed by atoms with Gasteiger partial charge >= 0.3 is 0 Å². The van der Waals surface area contributed by atoms with Crippen molar-refractivity contribution in [2.75, 3.05) is 0 Å². The summed E-state index contributed by atoms with van der Waals surface area (Å²) >= 11 is 0. The summed E-state index contributed by atoms with van der Waals surface area (Å²) in [5.41, 5.74) is 10.0. The molecule has 0 fully saturated rings. The van der Waals surface area contributed by atoms with Gasteiger partial charge in [-0.05, 0) is 66.7 Å². The van der Waals surface area contributed by atoms with Gasteiger partial charge in [0.1, 0.15) is 5.65 Å². The molecule has 0 bridgehead atoms. The molecule has 0 radical (unpaired) electrons. The second-order valence-electron chi connectivity index (χ2n) is 11.1. The third-order valence-electron chi connectivity index (χ3n) is 8.91. The van der Waals surface area contributed by atoms with E-state index in [1.165, 1.54) is 32.6 Å². The lowest BCUT2D eigenvalue weighted by atomic mass is 10.0. The van der Waals surface area contributed by atoms with Crippen LogP contribution in [0.15, 0.2) is 140 Å². The predicted octanol–water partition coefficient (Wildman–Crippen LogP) is 9.23. The van der Waals surface area contributed by atoms with E-state index in [4.69, 9.17) is 9.97 Å². The Morgan fingerprint density at radius 3 is 1.95 bits per heavy atom. The number of imidazole rings is 1. The number of hydrogen-bond acceptors (Lipinski definition) is 2. The number of nitrogens with zero attached hydrogens (tertiary/aromatic N) is 5. The van der Waals surface area contributed by atoms with Crippen molar-refractivity contribution in [2.24, 2.45) is 0 Å². The lowest BCUT2D eigenvalue weighted by molar-refractivity contribution is 1.16. The number of fused-ring (bicyclic) bond motifs is 13. The van der Waals surface area contributed by atoms with E-state index in [2.05, 4.69) is 135 Å². The van der Waals surface area contributed by atoms with Gasteiger partial charge in [-0.1, -0.05) is 54.6 Å². The summed E-state index contributed by atoms with van der Waals surface area (Å²) in [6.07, 6.45) is 5.85. The van der Waals surface area contributed by atoms with E-state index in [0.717, 1.165) is 49.9 Å². The molecule has 5 heteroatoms. The molecule has 5 aromatic carbocycles. The summed E-state index contributed by atoms with van der Waals surface area (Å²) in [6, 6.07) is 43.4. The first-order chi connectivity index (χ1) is 21.4. The molecule has 0 aliphatic carbocycles. The zero-order chi connectivity index (χ0) is 28.1. The highest BCUT2D eigenvalue weighted by atomic mass is 15.0. The van der Waals surface area contributed by atoms with Crippen molar-refractivity contribution in [3.05, 3.63) is 140 Å². The first-order valence-corrected chi connectivity index (χ1v) is 14.5. The van der Waals surface area contributed by atoms with Gasteiger partial charge in [-0.25, -0.2) is 4.98 Å². The average Bonchev–Trinajstić information content (AvgIpc) is 3.77. The van der Waals surface area contributed by atoms with Gasteiger partial charge in [0.25, 0.3) is 0 Å². The Bertz CT molecular complexity index is 2710. The van der Waals surface area contributed by atoms with Gasteiger partial charge in [-0.3, -0.25) is 9.38 Å². The monoisotopic (exact) mass is 549 g/mol. The molecule has 0 amide bonds. The molecule has 43 heavy (non-hydrogen) atoms. The van der Waals surface area contributed by atoms with E-state index in [9.17, 15) is 0 Å². The van der Waals surface area contributed by atoms with Crippen molar-refractivity contribution >= 4 is 71.1 Å². The molecule has 5 nitrogen and oxygen atoms in total. The van der Waals surface area contributed by atoms with Crippen LogP contribution < -0.4 is 0 Å². The Morgan fingerprint density at radius 1 is 0.442 bits per heavy atom. The highest BCUT2D eigenvalue weighted by Crippen LogP contribution is 2.43. The van der Waals surface area contributed by atoms with Crippen molar-refractivity contribution in [1.29, 1.82) is 0 Å². The molecule has 0 saturated heterocycles. The molecule has 0 aliphatic heterocycles. The minimum Gasteiger partial charge on any atom is -0.309 e. The molecule has 0 aliphatic rings. The lowest BCUT2D eigenvalue weighted by Crippen LogP contribution is -1.96. The number of hydrogen-bond donors (Lipinski definition) is 0. The molecule has 0 saturated carbocycles. The Morgan fingerprint density at radius 2 is 1.14 bits per heavy atom. The predicted molar refractivity (Wildman–Crippen MR) is 177 cm³/mol. The van der Waals surface area contributed by atoms with Crippen molar-refractivity contribution in [2.45, 2.75) is 0 Å². The number of para-hydroxylation sites is 3. The van der Waals surface area contributed by atoms with E-state index >= 15 is 0 Å². The summed E-state index contributed by atoms with van der Waals surface area (Å²) in [4.78, 5) is 9.64. The van der Waals surface area contributed by atoms with Crippen LogP contribution in [-0.4, -0.2) is 23.5 Å². The maximum Gasteiger partial charge on any atom is 0.146 e. The van der Waals surface area contributed by atoms with Crippen LogP contribution in [0.3, 0.4) is 0 Å². The summed E-state index contributed by atoms with van der Waals surface area (Å²) in [6.45, 7) is 0. The summed E-state index contributed by atoms with van der Waals surface area (Å²) in [5.74, 6) is 0. The molecular formula is C38H23N5. The van der Waals surface area contributed by atoms with E-state index in [1.54, 1.807) is 0 Å². The molecule has 0 unspecified atom stereocenters. The van der Waals surface area contributed by atoms with E-state index < -0.39 is 0 Å². The SMILES string of the molecule is c1ccc(-n2c3ccccc3c3cc4c5c(ccc6c7ncccc7c7nccn7c65)n(-c5ccccc5)c4cc32)cc1. The van der Waals surface area contributed by atoms with Gasteiger partial charge in [0.15, 0.2) is 0 Å². The van der Waals surface area contributed by atoms with E-state index in [-0.39, 0.29) is 0 Å². The first kappa shape index (κ1) is 22.7. The normalized spacial score (nSPS) is 12.2. The first-order valence-electron chi connectivity index (χ1n) is 14.5. The third kappa shape index (κ3) is 2.95. The molecule has 10 rings (SSSR count). The Balaban J connectivity index is 1.49. The molecule has 10 aromatic rings. The largest absolute Gasteiger partial charge is 0.309 e. The van der Waals surface area contributed by atoms with Gasteiger partial charge in [0, 0.05) is 62.3 Å². The van der Waals surface area contributed by atoms with Crippen LogP contribution in [-0.2, 0) is 0 Å². The molecule has 0 atom stereocenters. The average molecular weight is 550 g/mol. The van der Waals surface area contributed by atoms with Crippen molar-refractivity contribution in [1.82, 2.24) is 23.5 Å². The highest BCUT2D eigenvalue weighted by molar-refractivity contribution is 6.27. The molecule has 0 spiro atoms. The Kier molecular flexibility index (Phi) is 4.39. The van der Waals surface area contributed by atoms with Crippen LogP contribution in [0.4, 0.5) is 0 Å². The van der Waals surface area contributed by atoms with Gasteiger partial charge in [0.2, 0.25) is 0 Å². The van der Waals surface area contributed by atoms with Crippen LogP contribution in [0.1, 0.15) is 0 Å². The molecular weight excluding hydrogens is 526 g/mol. The zero-order valence-electron chi connectivity index (χ0n) is 23.0. The number of benzene rings is 5. The second-order valence-corrected chi connectivity index (χ2v) is 11.1. The van der Waals surface area contributed by atoms with Crippen molar-refractivity contribution in [3.63, 3.8) is 0 Å². The summed E-state index contributed by atoms with van der Waals surface area (Å²) in [5, 5.41) is 7.05. The van der Waals surface area contributed by atoms with Gasteiger partial charge < -0.3 is 9.13 Å². The van der Waals surface area contributed by atoms with Crippen LogP contribution in [0.25, 0.3) is 82.4 Å². The van der Waals surface area contributed by atoms with Crippen molar-refractivity contribution in [3.8, 4) is 11.4 Å². The van der Waals surface area contributed by atoms with Crippen LogP contribution in [0.2, 0.25) is 0 Å². The number of rotatable bonds is 2. The van der Waals surface area contributed by atoms with Crippen LogP contribution in [0, 0.1) is 0 Å². The fourth-order valence-electron chi connectivity index (χ4n) is 7.19. The second kappa shape index (κ2) is 8.30. The molecule has 5 aromatic heterocycles. The smallest absolute Gasteiger partial charge is 0.146 e. The number of pyridine rings is 2. The van der Waals surface area contributed by atoms with E-state index in [0.29, 0.717) is 0 Å². The lowest BCUT2D eigenvalue weighted by Gasteiger charge is -2.11. The third-order valence-corrected chi connectivity index (χ3v) is 8.91. The van der Waals surface area contributed by atoms with Gasteiger partial charge in [0.05, 0.1) is 33.1 Å². The summed E-state index contributed by atoms with van der Waals surface area (Å²) < 4.78 is 7.04. The van der Waals surface area contributed by atoms with Gasteiger partial charge in [-0.2, -0.15) is 0 Å². The van der Waals surface area contributed by atoms with Crippen LogP contribution >= 0.6 is 0 Å². The zero-order valence-corrected chi connectivity index (χ0v) is 23.0. The molecule has 5 heterocycles.